The molecule has 0 aliphatic carbocycles. The minimum atomic E-state index is 0.427. The fraction of sp³-hybridized carbons (Fsp3) is 1.00. The lowest BCUT2D eigenvalue weighted by atomic mass is 10.1. The van der Waals surface area contributed by atoms with Gasteiger partial charge in [0.2, 0.25) is 0 Å². The number of nitrogens with zero attached hydrogens (tertiary/aromatic N) is 1. The highest BCUT2D eigenvalue weighted by atomic mass is 33.1. The third-order valence-corrected chi connectivity index (χ3v) is 5.29. The van der Waals surface area contributed by atoms with Crippen molar-refractivity contribution < 1.29 is 0 Å². The summed E-state index contributed by atoms with van der Waals surface area (Å²) in [6.45, 7) is 2.19. The van der Waals surface area contributed by atoms with Gasteiger partial charge < -0.3 is 15.6 Å². The van der Waals surface area contributed by atoms with E-state index in [0.717, 1.165) is 6.54 Å². The zero-order chi connectivity index (χ0) is 8.39. The molecule has 2 fully saturated rings. The van der Waals surface area contributed by atoms with Gasteiger partial charge in [0.15, 0.2) is 0 Å². The van der Waals surface area contributed by atoms with Crippen LogP contribution in [-0.4, -0.2) is 41.7 Å². The Hall–Kier alpha value is 0.580. The topological polar surface area (TPSA) is 38.3 Å². The monoisotopic (exact) mass is 205 g/mol. The van der Waals surface area contributed by atoms with Crippen molar-refractivity contribution >= 4 is 21.6 Å². The summed E-state index contributed by atoms with van der Waals surface area (Å²) in [7, 11) is 3.87. The zero-order valence-corrected chi connectivity index (χ0v) is 8.50. The summed E-state index contributed by atoms with van der Waals surface area (Å²) in [6.07, 6.45) is 1.25. The van der Waals surface area contributed by atoms with Gasteiger partial charge >= 0.3 is 0 Å². The Morgan fingerprint density at radius 3 is 3.08 bits per heavy atom. The van der Waals surface area contributed by atoms with Crippen LogP contribution in [0.4, 0.5) is 0 Å². The Morgan fingerprint density at radius 1 is 1.50 bits per heavy atom. The van der Waals surface area contributed by atoms with Gasteiger partial charge in [0.1, 0.15) is 0 Å². The number of nitrogens with one attached hydrogen (secondary N) is 1. The Kier molecular flexibility index (Phi) is 3.20. The summed E-state index contributed by atoms with van der Waals surface area (Å²) in [5.74, 6) is 1.24. The summed E-state index contributed by atoms with van der Waals surface area (Å²) in [6, 6.07) is 0.427. The van der Waals surface area contributed by atoms with Crippen LogP contribution in [0.2, 0.25) is 0 Å². The Labute approximate surface area is 80.6 Å². The van der Waals surface area contributed by atoms with Gasteiger partial charge in [0.05, 0.1) is 0 Å². The molecule has 12 heavy (non-hydrogen) atoms. The zero-order valence-electron chi connectivity index (χ0n) is 6.86. The van der Waals surface area contributed by atoms with Crippen molar-refractivity contribution in [3.05, 3.63) is 5.21 Å². The normalized spacial score (nSPS) is 38.8. The molecule has 2 saturated heterocycles. The van der Waals surface area contributed by atoms with E-state index in [0.29, 0.717) is 24.4 Å². The molecule has 2 rings (SSSR count). The molecule has 0 amide bonds. The quantitative estimate of drug-likeness (QED) is 0.644. The van der Waals surface area contributed by atoms with Crippen molar-refractivity contribution in [1.82, 2.24) is 10.4 Å². The van der Waals surface area contributed by atoms with E-state index in [1.807, 2.05) is 21.6 Å². The minimum Gasteiger partial charge on any atom is -0.785 e. The fourth-order valence-corrected chi connectivity index (χ4v) is 4.71. The van der Waals surface area contributed by atoms with E-state index in [1.54, 1.807) is 0 Å². The highest BCUT2D eigenvalue weighted by molar-refractivity contribution is 8.77. The average molecular weight is 205 g/mol. The van der Waals surface area contributed by atoms with Crippen LogP contribution in [0.5, 0.6) is 0 Å². The predicted octanol–water partition coefficient (Wildman–Crippen LogP) is 0.912. The molecule has 0 bridgehead atoms. The molecule has 2 aliphatic heterocycles. The highest BCUT2D eigenvalue weighted by Crippen LogP contribution is 2.39. The van der Waals surface area contributed by atoms with Crippen LogP contribution in [-0.2, 0) is 0 Å². The van der Waals surface area contributed by atoms with Crippen LogP contribution in [0.25, 0.3) is 0 Å². The summed E-state index contributed by atoms with van der Waals surface area (Å²) in [4.78, 5) is 0. The largest absolute Gasteiger partial charge is 0.785 e. The first kappa shape index (κ1) is 9.15. The van der Waals surface area contributed by atoms with Gasteiger partial charge in [0.25, 0.3) is 0 Å². The van der Waals surface area contributed by atoms with E-state index in [1.165, 1.54) is 17.2 Å². The van der Waals surface area contributed by atoms with Crippen molar-refractivity contribution in [2.45, 2.75) is 17.7 Å². The first-order valence-corrected chi connectivity index (χ1v) is 6.68. The second-order valence-electron chi connectivity index (χ2n) is 3.19. The van der Waals surface area contributed by atoms with Gasteiger partial charge in [-0.25, -0.2) is 0 Å². The molecule has 2 atom stereocenters. The molecule has 2 heterocycles. The number of hydrogen-bond donors (Lipinski definition) is 1. The molecule has 5 heteroatoms. The number of rotatable bonds is 1. The molecule has 2 unspecified atom stereocenters. The van der Waals surface area contributed by atoms with Crippen LogP contribution < -0.4 is 5.32 Å². The van der Waals surface area contributed by atoms with E-state index in [9.17, 15) is 5.21 Å². The highest BCUT2D eigenvalue weighted by Gasteiger charge is 2.27. The Morgan fingerprint density at radius 2 is 2.42 bits per heavy atom. The predicted molar refractivity (Wildman–Crippen MR) is 55.2 cm³/mol. The van der Waals surface area contributed by atoms with Crippen molar-refractivity contribution in [2.24, 2.45) is 0 Å². The van der Waals surface area contributed by atoms with Crippen LogP contribution in [0, 0.1) is 5.21 Å². The number of piperazine rings is 1. The molecule has 70 valence electrons. The minimum absolute atomic E-state index is 0.427. The standard InChI is InChI=1S/C7H13N2OS2/c10-9-3-2-8-6(5-9)7-1-4-11-12-7/h6-8H,1-5H2/q-1. The Balaban J connectivity index is 1.85. The lowest BCUT2D eigenvalue weighted by Gasteiger charge is -2.39. The van der Waals surface area contributed by atoms with Crippen molar-refractivity contribution in [3.63, 3.8) is 0 Å². The van der Waals surface area contributed by atoms with E-state index < -0.39 is 0 Å². The maximum Gasteiger partial charge on any atom is 0.0325 e. The van der Waals surface area contributed by atoms with Gasteiger partial charge in [-0.1, -0.05) is 21.6 Å². The summed E-state index contributed by atoms with van der Waals surface area (Å²) in [5, 5.41) is 16.4. The van der Waals surface area contributed by atoms with Crippen molar-refractivity contribution in [3.8, 4) is 0 Å². The lowest BCUT2D eigenvalue weighted by Crippen LogP contribution is -2.52. The van der Waals surface area contributed by atoms with Gasteiger partial charge in [-0.3, -0.25) is 0 Å². The summed E-state index contributed by atoms with van der Waals surface area (Å²) >= 11 is 0. The average Bonchev–Trinajstić information content (AvgIpc) is 2.56. The summed E-state index contributed by atoms with van der Waals surface area (Å²) < 4.78 is 0. The smallest absolute Gasteiger partial charge is 0.0325 e. The van der Waals surface area contributed by atoms with Crippen molar-refractivity contribution in [2.75, 3.05) is 25.4 Å². The molecule has 3 nitrogen and oxygen atoms in total. The van der Waals surface area contributed by atoms with Gasteiger partial charge in [-0.15, -0.1) is 0 Å². The second kappa shape index (κ2) is 4.19. The molecule has 0 spiro atoms. The maximum atomic E-state index is 11.1. The SMILES string of the molecule is [O-]N1CCNC(C2CCSS2)C1. The van der Waals surface area contributed by atoms with E-state index >= 15 is 0 Å². The lowest BCUT2D eigenvalue weighted by molar-refractivity contribution is 0.262. The van der Waals surface area contributed by atoms with Gasteiger partial charge in [-0.05, 0) is 13.0 Å². The van der Waals surface area contributed by atoms with Crippen LogP contribution in [0.3, 0.4) is 0 Å². The van der Waals surface area contributed by atoms with Crippen LogP contribution in [0.1, 0.15) is 6.42 Å². The first-order chi connectivity index (χ1) is 5.86. The van der Waals surface area contributed by atoms with Crippen LogP contribution >= 0.6 is 21.6 Å². The van der Waals surface area contributed by atoms with E-state index in [2.05, 4.69) is 5.32 Å². The maximum absolute atomic E-state index is 11.1. The molecule has 0 aromatic heterocycles. The molecule has 0 saturated carbocycles. The molecule has 0 aromatic carbocycles. The second-order valence-corrected chi connectivity index (χ2v) is 5.92. The van der Waals surface area contributed by atoms with E-state index in [-0.39, 0.29) is 0 Å². The molecule has 2 aliphatic rings. The first-order valence-electron chi connectivity index (χ1n) is 4.30. The molecule has 1 N–H and O–H groups in total. The van der Waals surface area contributed by atoms with Crippen molar-refractivity contribution in [1.29, 1.82) is 0 Å². The molecular weight excluding hydrogens is 192 g/mol. The number of hydrogen-bond acceptors (Lipinski definition) is 5. The fourth-order valence-electron chi connectivity index (χ4n) is 1.62. The molecule has 0 radical (unpaired) electrons. The molecular formula is C7H13N2OS2-. The van der Waals surface area contributed by atoms with Crippen LogP contribution in [0.15, 0.2) is 0 Å². The number of hydroxylamine groups is 2. The Bertz CT molecular complexity index is 152. The van der Waals surface area contributed by atoms with E-state index in [4.69, 9.17) is 0 Å². The molecule has 0 aromatic rings. The van der Waals surface area contributed by atoms with Gasteiger partial charge in [0, 0.05) is 30.1 Å². The third kappa shape index (κ3) is 2.09. The third-order valence-electron chi connectivity index (χ3n) is 2.29. The van der Waals surface area contributed by atoms with Gasteiger partial charge in [-0.2, -0.15) is 0 Å². The summed E-state index contributed by atoms with van der Waals surface area (Å²) in [5.41, 5.74) is 0.